The number of cyclic esters (lactones) is 1. The lowest BCUT2D eigenvalue weighted by Gasteiger charge is -2.27. The second-order valence-corrected chi connectivity index (χ2v) is 7.94. The van der Waals surface area contributed by atoms with Crippen LogP contribution in [-0.2, 0) is 20.7 Å². The van der Waals surface area contributed by atoms with Gasteiger partial charge in [0.15, 0.2) is 5.78 Å². The Morgan fingerprint density at radius 2 is 1.79 bits per heavy atom. The molecule has 2 aliphatic heterocycles. The molecule has 0 aromatic heterocycles. The van der Waals surface area contributed by atoms with E-state index in [9.17, 15) is 19.8 Å². The predicted octanol–water partition coefficient (Wildman–Crippen LogP) is 4.52. The van der Waals surface area contributed by atoms with Gasteiger partial charge in [-0.05, 0) is 63.5 Å². The Bertz CT molecular complexity index is 776. The van der Waals surface area contributed by atoms with Gasteiger partial charge in [-0.25, -0.2) is 4.79 Å². The summed E-state index contributed by atoms with van der Waals surface area (Å²) < 4.78 is 11.4. The Hall–Kier alpha value is -2.34. The third-order valence-corrected chi connectivity index (χ3v) is 5.58. The van der Waals surface area contributed by atoms with E-state index in [1.165, 1.54) is 6.08 Å². The Kier molecular flexibility index (Phi) is 7.31. The smallest absolute Gasteiger partial charge is 0.342 e. The molecule has 158 valence electrons. The number of hydrogen-bond donors (Lipinski definition) is 2. The minimum atomic E-state index is -0.670. The minimum Gasteiger partial charge on any atom is -0.507 e. The monoisotopic (exact) mass is 402 g/mol. The number of esters is 1. The molecule has 0 amide bonds. The maximum Gasteiger partial charge on any atom is 0.342 e. The van der Waals surface area contributed by atoms with E-state index in [2.05, 4.69) is 0 Å². The van der Waals surface area contributed by atoms with E-state index in [1.54, 1.807) is 0 Å². The van der Waals surface area contributed by atoms with Crippen LogP contribution in [0, 0.1) is 0 Å². The number of ether oxygens (including phenoxy) is 2. The Morgan fingerprint density at radius 3 is 2.55 bits per heavy atom. The maximum absolute atomic E-state index is 12.9. The van der Waals surface area contributed by atoms with Crippen molar-refractivity contribution in [2.45, 2.75) is 76.9 Å². The van der Waals surface area contributed by atoms with E-state index >= 15 is 0 Å². The van der Waals surface area contributed by atoms with Crippen molar-refractivity contribution in [2.75, 3.05) is 6.61 Å². The van der Waals surface area contributed by atoms with Gasteiger partial charge in [0, 0.05) is 24.7 Å². The van der Waals surface area contributed by atoms with Gasteiger partial charge in [0.25, 0.3) is 0 Å². The lowest BCUT2D eigenvalue weighted by Crippen LogP contribution is -2.21. The van der Waals surface area contributed by atoms with E-state index in [4.69, 9.17) is 9.47 Å². The number of phenolic OH excluding ortho intramolecular Hbond substituents is 2. The molecule has 1 saturated heterocycles. The largest absolute Gasteiger partial charge is 0.507 e. The Labute approximate surface area is 171 Å². The number of carbonyl (C=O) groups excluding carboxylic acids is 2. The molecule has 6 heteroatoms. The molecule has 0 bridgehead atoms. The van der Waals surface area contributed by atoms with Gasteiger partial charge in [-0.1, -0.05) is 12.5 Å². The molecule has 0 saturated carbocycles. The van der Waals surface area contributed by atoms with Crippen molar-refractivity contribution < 1.29 is 29.3 Å². The number of benzene rings is 1. The molecule has 2 N–H and O–H groups in total. The van der Waals surface area contributed by atoms with Crippen LogP contribution < -0.4 is 0 Å². The number of carbonyl (C=O) groups is 2. The number of aromatic hydroxyl groups is 2. The molecular weight excluding hydrogens is 372 g/mol. The summed E-state index contributed by atoms with van der Waals surface area (Å²) in [6.45, 7) is 2.38. The molecule has 3 rings (SSSR count). The standard InChI is InChI=1S/C23H30O6/c1-15-9-5-3-2-4-6-10-16(24)13-17-21(20-11-7-8-12-28-20)18(25)14-19(26)22(17)23(27)29-15/h6,10,14-15,20,25-26H,2-5,7-9,11-13H2,1H3/b10-6+/t15-,20?/m1/s1. The van der Waals surface area contributed by atoms with Crippen LogP contribution in [0.3, 0.4) is 0 Å². The molecule has 29 heavy (non-hydrogen) atoms. The molecule has 1 aromatic rings. The van der Waals surface area contributed by atoms with Gasteiger partial charge in [0.1, 0.15) is 17.1 Å². The number of hydrogen-bond acceptors (Lipinski definition) is 6. The van der Waals surface area contributed by atoms with E-state index in [0.717, 1.165) is 51.0 Å². The van der Waals surface area contributed by atoms with Crippen LogP contribution in [0.2, 0.25) is 0 Å². The van der Waals surface area contributed by atoms with E-state index < -0.39 is 12.1 Å². The van der Waals surface area contributed by atoms with Crippen LogP contribution >= 0.6 is 0 Å². The first-order chi connectivity index (χ1) is 14.0. The van der Waals surface area contributed by atoms with Gasteiger partial charge in [-0.3, -0.25) is 4.79 Å². The quantitative estimate of drug-likeness (QED) is 0.671. The van der Waals surface area contributed by atoms with Gasteiger partial charge in [-0.15, -0.1) is 0 Å². The second-order valence-electron chi connectivity index (χ2n) is 7.94. The highest BCUT2D eigenvalue weighted by Gasteiger charge is 2.31. The molecule has 2 atom stereocenters. The fraction of sp³-hybridized carbons (Fsp3) is 0.565. The van der Waals surface area contributed by atoms with Crippen molar-refractivity contribution in [3.8, 4) is 11.5 Å². The van der Waals surface area contributed by atoms with Crippen molar-refractivity contribution >= 4 is 11.8 Å². The fourth-order valence-electron chi connectivity index (χ4n) is 4.08. The second kappa shape index (κ2) is 9.92. The first-order valence-electron chi connectivity index (χ1n) is 10.6. The fourth-order valence-corrected chi connectivity index (χ4v) is 4.08. The molecule has 1 aromatic carbocycles. The number of fused-ring (bicyclic) bond motifs is 1. The molecule has 0 aliphatic carbocycles. The molecular formula is C23H30O6. The molecule has 2 aliphatic rings. The number of ketones is 1. The maximum atomic E-state index is 12.9. The average molecular weight is 402 g/mol. The summed E-state index contributed by atoms with van der Waals surface area (Å²) in [5, 5.41) is 21.1. The highest BCUT2D eigenvalue weighted by Crippen LogP contribution is 2.41. The van der Waals surface area contributed by atoms with Gasteiger partial charge in [-0.2, -0.15) is 0 Å². The summed E-state index contributed by atoms with van der Waals surface area (Å²) in [4.78, 5) is 25.5. The average Bonchev–Trinajstić information content (AvgIpc) is 2.67. The first kappa shape index (κ1) is 21.4. The van der Waals surface area contributed by atoms with Gasteiger partial charge < -0.3 is 19.7 Å². The zero-order chi connectivity index (χ0) is 20.8. The summed E-state index contributed by atoms with van der Waals surface area (Å²) in [5.41, 5.74) is 0.673. The summed E-state index contributed by atoms with van der Waals surface area (Å²) >= 11 is 0. The summed E-state index contributed by atoms with van der Waals surface area (Å²) in [5.74, 6) is -1.40. The van der Waals surface area contributed by atoms with Crippen molar-refractivity contribution in [1.82, 2.24) is 0 Å². The third kappa shape index (κ3) is 5.38. The summed E-state index contributed by atoms with van der Waals surface area (Å²) in [7, 11) is 0. The molecule has 0 spiro atoms. The van der Waals surface area contributed by atoms with E-state index in [1.807, 2.05) is 13.0 Å². The molecule has 1 fully saturated rings. The zero-order valence-corrected chi connectivity index (χ0v) is 17.0. The molecule has 6 nitrogen and oxygen atoms in total. The predicted molar refractivity (Wildman–Crippen MR) is 108 cm³/mol. The Morgan fingerprint density at radius 1 is 1.00 bits per heavy atom. The number of allylic oxidation sites excluding steroid dienone is 2. The first-order valence-corrected chi connectivity index (χ1v) is 10.6. The summed E-state index contributed by atoms with van der Waals surface area (Å²) in [6.07, 6.45) is 9.55. The summed E-state index contributed by atoms with van der Waals surface area (Å²) in [6, 6.07) is 1.15. The molecule has 1 unspecified atom stereocenters. The topological polar surface area (TPSA) is 93.1 Å². The van der Waals surface area contributed by atoms with Crippen LogP contribution in [0.5, 0.6) is 11.5 Å². The highest BCUT2D eigenvalue weighted by molar-refractivity contribution is 5.99. The highest BCUT2D eigenvalue weighted by atomic mass is 16.5. The van der Waals surface area contributed by atoms with Gasteiger partial charge in [0.05, 0.1) is 12.2 Å². The van der Waals surface area contributed by atoms with Crippen molar-refractivity contribution in [3.05, 3.63) is 34.9 Å². The zero-order valence-electron chi connectivity index (χ0n) is 17.0. The SMILES string of the molecule is C[C@@H]1CCCCC/C=C/C(=O)Cc2c(c(O)cc(O)c2C2CCCCO2)C(=O)O1. The number of phenols is 2. The number of rotatable bonds is 1. The van der Waals surface area contributed by atoms with Crippen molar-refractivity contribution in [1.29, 1.82) is 0 Å². The lowest BCUT2D eigenvalue weighted by molar-refractivity contribution is -0.114. The van der Waals surface area contributed by atoms with Crippen LogP contribution in [-0.4, -0.2) is 34.7 Å². The minimum absolute atomic E-state index is 0.0439. The van der Waals surface area contributed by atoms with Crippen molar-refractivity contribution in [3.63, 3.8) is 0 Å². The normalized spacial score (nSPS) is 25.6. The van der Waals surface area contributed by atoms with Gasteiger partial charge >= 0.3 is 5.97 Å². The van der Waals surface area contributed by atoms with Crippen molar-refractivity contribution in [2.24, 2.45) is 0 Å². The van der Waals surface area contributed by atoms with E-state index in [-0.39, 0.29) is 35.4 Å². The van der Waals surface area contributed by atoms with Crippen LogP contribution in [0.15, 0.2) is 18.2 Å². The van der Waals surface area contributed by atoms with E-state index in [0.29, 0.717) is 24.2 Å². The van der Waals surface area contributed by atoms with Crippen LogP contribution in [0.1, 0.15) is 85.9 Å². The molecule has 2 heterocycles. The third-order valence-electron chi connectivity index (χ3n) is 5.58. The van der Waals surface area contributed by atoms with Crippen LogP contribution in [0.25, 0.3) is 0 Å². The lowest BCUT2D eigenvalue weighted by atomic mass is 9.89. The Balaban J connectivity index is 2.07. The van der Waals surface area contributed by atoms with Gasteiger partial charge in [0.2, 0.25) is 0 Å². The molecule has 0 radical (unpaired) electrons. The van der Waals surface area contributed by atoms with Crippen LogP contribution in [0.4, 0.5) is 0 Å².